The van der Waals surface area contributed by atoms with E-state index in [1.165, 1.54) is 0 Å². The van der Waals surface area contributed by atoms with Crippen LogP contribution in [-0.2, 0) is 9.53 Å². The van der Waals surface area contributed by atoms with Crippen LogP contribution < -0.4 is 0 Å². The zero-order valence-corrected chi connectivity index (χ0v) is 12.4. The second-order valence-electron chi connectivity index (χ2n) is 5.02. The van der Waals surface area contributed by atoms with Gasteiger partial charge < -0.3 is 4.74 Å². The summed E-state index contributed by atoms with van der Waals surface area (Å²) in [6.07, 6.45) is 4.06. The van der Waals surface area contributed by atoms with Gasteiger partial charge in [0.15, 0.2) is 0 Å². The van der Waals surface area contributed by atoms with E-state index in [1.54, 1.807) is 0 Å². The molecule has 0 fully saturated rings. The normalized spacial score (nSPS) is 21.3. The van der Waals surface area contributed by atoms with Gasteiger partial charge in [0.2, 0.25) is 0 Å². The highest BCUT2D eigenvalue weighted by Gasteiger charge is 2.32. The summed E-state index contributed by atoms with van der Waals surface area (Å²) in [6, 6.07) is 8.09. The molecule has 1 aliphatic heterocycles. The SMILES string of the molecule is C/C(=C1/OC(=O)C2=C1CCCC2)c1cccc(Br)c1. The molecule has 0 spiro atoms. The van der Waals surface area contributed by atoms with E-state index < -0.39 is 0 Å². The van der Waals surface area contributed by atoms with Crippen molar-refractivity contribution in [2.45, 2.75) is 32.6 Å². The Morgan fingerprint density at radius 1 is 1.21 bits per heavy atom. The predicted octanol–water partition coefficient (Wildman–Crippen LogP) is 4.61. The monoisotopic (exact) mass is 318 g/mol. The molecule has 0 radical (unpaired) electrons. The van der Waals surface area contributed by atoms with E-state index in [2.05, 4.69) is 22.0 Å². The molecule has 0 unspecified atom stereocenters. The third-order valence-corrected chi connectivity index (χ3v) is 4.27. The summed E-state index contributed by atoms with van der Waals surface area (Å²) in [7, 11) is 0. The van der Waals surface area contributed by atoms with Gasteiger partial charge in [-0.15, -0.1) is 0 Å². The molecule has 2 nitrogen and oxygen atoms in total. The lowest BCUT2D eigenvalue weighted by molar-refractivity contribution is -0.133. The van der Waals surface area contributed by atoms with Gasteiger partial charge in [-0.25, -0.2) is 4.79 Å². The number of allylic oxidation sites excluding steroid dienone is 2. The summed E-state index contributed by atoms with van der Waals surface area (Å²) in [5.74, 6) is 0.650. The zero-order valence-electron chi connectivity index (χ0n) is 10.8. The molecule has 0 amide bonds. The molecule has 1 aromatic rings. The van der Waals surface area contributed by atoms with Crippen molar-refractivity contribution in [1.82, 2.24) is 0 Å². The molecule has 2 aliphatic rings. The lowest BCUT2D eigenvalue weighted by Crippen LogP contribution is -2.01. The number of halogens is 1. The number of carbonyl (C=O) groups excluding carboxylic acids is 1. The predicted molar refractivity (Wildman–Crippen MR) is 78.3 cm³/mol. The van der Waals surface area contributed by atoms with Gasteiger partial charge in [0.1, 0.15) is 5.76 Å². The average molecular weight is 319 g/mol. The van der Waals surface area contributed by atoms with Crippen LogP contribution in [0.3, 0.4) is 0 Å². The number of rotatable bonds is 1. The van der Waals surface area contributed by atoms with E-state index in [9.17, 15) is 4.79 Å². The molecule has 0 saturated heterocycles. The smallest absolute Gasteiger partial charge is 0.339 e. The van der Waals surface area contributed by atoms with Crippen LogP contribution in [0.4, 0.5) is 0 Å². The van der Waals surface area contributed by atoms with Crippen molar-refractivity contribution in [3.63, 3.8) is 0 Å². The lowest BCUT2D eigenvalue weighted by atomic mass is 9.90. The third-order valence-electron chi connectivity index (χ3n) is 3.78. The van der Waals surface area contributed by atoms with Crippen molar-refractivity contribution in [3.05, 3.63) is 51.2 Å². The van der Waals surface area contributed by atoms with Crippen molar-refractivity contribution < 1.29 is 9.53 Å². The molecule has 19 heavy (non-hydrogen) atoms. The fourth-order valence-corrected chi connectivity index (χ4v) is 3.15. The molecule has 0 aromatic heterocycles. The van der Waals surface area contributed by atoms with Crippen LogP contribution in [0.25, 0.3) is 5.57 Å². The van der Waals surface area contributed by atoms with Crippen molar-refractivity contribution >= 4 is 27.5 Å². The maximum absolute atomic E-state index is 11.9. The van der Waals surface area contributed by atoms with E-state index >= 15 is 0 Å². The average Bonchev–Trinajstić information content (AvgIpc) is 2.76. The summed E-state index contributed by atoms with van der Waals surface area (Å²) in [5.41, 5.74) is 4.17. The van der Waals surface area contributed by atoms with Gasteiger partial charge in [-0.1, -0.05) is 28.1 Å². The Morgan fingerprint density at radius 3 is 2.68 bits per heavy atom. The molecule has 1 aliphatic carbocycles. The number of benzene rings is 1. The second kappa shape index (κ2) is 4.97. The van der Waals surface area contributed by atoms with E-state index in [4.69, 9.17) is 4.74 Å². The highest BCUT2D eigenvalue weighted by Crippen LogP contribution is 2.40. The number of cyclic esters (lactones) is 1. The third kappa shape index (κ3) is 2.27. The maximum atomic E-state index is 11.9. The van der Waals surface area contributed by atoms with Crippen LogP contribution in [-0.4, -0.2) is 5.97 Å². The Hall–Kier alpha value is -1.35. The molecule has 0 bridgehead atoms. The van der Waals surface area contributed by atoms with Gasteiger partial charge >= 0.3 is 5.97 Å². The number of carbonyl (C=O) groups is 1. The van der Waals surface area contributed by atoms with Gasteiger partial charge in [-0.3, -0.25) is 0 Å². The first-order valence-electron chi connectivity index (χ1n) is 6.58. The van der Waals surface area contributed by atoms with E-state index in [0.29, 0.717) is 0 Å². The van der Waals surface area contributed by atoms with Crippen molar-refractivity contribution in [1.29, 1.82) is 0 Å². The first-order valence-corrected chi connectivity index (χ1v) is 7.37. The molecular weight excluding hydrogens is 304 g/mol. The summed E-state index contributed by atoms with van der Waals surface area (Å²) in [5, 5.41) is 0. The topological polar surface area (TPSA) is 26.3 Å². The highest BCUT2D eigenvalue weighted by molar-refractivity contribution is 9.10. The first-order chi connectivity index (χ1) is 9.16. The Labute approximate surface area is 121 Å². The standard InChI is InChI=1S/C16H15BrO2/c1-10(11-5-4-6-12(17)9-11)15-13-7-2-3-8-14(13)16(18)19-15/h4-6,9H,2-3,7-8H2,1H3/b15-10-. The Kier molecular flexibility index (Phi) is 3.31. The summed E-state index contributed by atoms with van der Waals surface area (Å²) in [4.78, 5) is 11.9. The first kappa shape index (κ1) is 12.7. The second-order valence-corrected chi connectivity index (χ2v) is 5.93. The lowest BCUT2D eigenvalue weighted by Gasteiger charge is -2.12. The molecular formula is C16H15BrO2. The molecule has 98 valence electrons. The molecule has 0 N–H and O–H groups in total. The molecule has 0 atom stereocenters. The fraction of sp³-hybridized carbons (Fsp3) is 0.312. The largest absolute Gasteiger partial charge is 0.423 e. The number of hydrogen-bond acceptors (Lipinski definition) is 2. The van der Waals surface area contributed by atoms with Crippen LogP contribution in [0.5, 0.6) is 0 Å². The minimum atomic E-state index is -0.140. The molecule has 0 saturated carbocycles. The molecule has 1 heterocycles. The molecule has 3 heteroatoms. The van der Waals surface area contributed by atoms with Gasteiger partial charge in [-0.2, -0.15) is 0 Å². The summed E-state index contributed by atoms with van der Waals surface area (Å²) >= 11 is 3.48. The fourth-order valence-electron chi connectivity index (χ4n) is 2.75. The Morgan fingerprint density at radius 2 is 1.95 bits per heavy atom. The van der Waals surface area contributed by atoms with E-state index in [1.807, 2.05) is 25.1 Å². The minimum Gasteiger partial charge on any atom is -0.423 e. The summed E-state index contributed by atoms with van der Waals surface area (Å²) < 4.78 is 6.55. The van der Waals surface area contributed by atoms with Gasteiger partial charge in [0.05, 0.1) is 0 Å². The number of esters is 1. The number of hydrogen-bond donors (Lipinski definition) is 0. The van der Waals surface area contributed by atoms with Crippen molar-refractivity contribution in [3.8, 4) is 0 Å². The van der Waals surface area contributed by atoms with Crippen LogP contribution >= 0.6 is 15.9 Å². The number of ether oxygens (including phenoxy) is 1. The van der Waals surface area contributed by atoms with Crippen LogP contribution in [0, 0.1) is 0 Å². The highest BCUT2D eigenvalue weighted by atomic mass is 79.9. The van der Waals surface area contributed by atoms with E-state index in [0.717, 1.165) is 58.2 Å². The van der Waals surface area contributed by atoms with E-state index in [-0.39, 0.29) is 5.97 Å². The van der Waals surface area contributed by atoms with Crippen LogP contribution in [0.1, 0.15) is 38.2 Å². The van der Waals surface area contributed by atoms with Crippen molar-refractivity contribution in [2.24, 2.45) is 0 Å². The maximum Gasteiger partial charge on any atom is 0.339 e. The van der Waals surface area contributed by atoms with Crippen LogP contribution in [0.15, 0.2) is 45.6 Å². The molecule has 3 rings (SSSR count). The van der Waals surface area contributed by atoms with Gasteiger partial charge in [0.25, 0.3) is 0 Å². The Balaban J connectivity index is 2.08. The van der Waals surface area contributed by atoms with Gasteiger partial charge in [-0.05, 0) is 55.9 Å². The van der Waals surface area contributed by atoms with Gasteiger partial charge in [0, 0.05) is 15.6 Å². The molecule has 1 aromatic carbocycles. The summed E-state index contributed by atoms with van der Waals surface area (Å²) in [6.45, 7) is 2.02. The minimum absolute atomic E-state index is 0.140. The van der Waals surface area contributed by atoms with Crippen LogP contribution in [0.2, 0.25) is 0 Å². The quantitative estimate of drug-likeness (QED) is 0.707. The van der Waals surface area contributed by atoms with Crippen molar-refractivity contribution in [2.75, 3.05) is 0 Å². The Bertz CT molecular complexity index is 611. The zero-order chi connectivity index (χ0) is 13.4.